The van der Waals surface area contributed by atoms with Crippen LogP contribution in [0.25, 0.3) is 0 Å². The van der Waals surface area contributed by atoms with E-state index in [1.165, 1.54) is 16.7 Å². The lowest BCUT2D eigenvalue weighted by atomic mass is 10.0. The predicted molar refractivity (Wildman–Crippen MR) is 78.6 cm³/mol. The van der Waals surface area contributed by atoms with E-state index in [4.69, 9.17) is 0 Å². The summed E-state index contributed by atoms with van der Waals surface area (Å²) in [4.78, 5) is 0. The van der Waals surface area contributed by atoms with Gasteiger partial charge < -0.3 is 5.11 Å². The highest BCUT2D eigenvalue weighted by atomic mass is 16.3. The van der Waals surface area contributed by atoms with Gasteiger partial charge in [0.05, 0.1) is 6.10 Å². The van der Waals surface area contributed by atoms with Gasteiger partial charge in [-0.05, 0) is 46.1 Å². The summed E-state index contributed by atoms with van der Waals surface area (Å²) in [5, 5.41) is 10.1. The van der Waals surface area contributed by atoms with Crippen molar-refractivity contribution in [2.75, 3.05) is 0 Å². The molecule has 1 heteroatoms. The van der Waals surface area contributed by atoms with Gasteiger partial charge in [-0.1, -0.05) is 53.1 Å². The van der Waals surface area contributed by atoms with E-state index in [1.807, 2.05) is 30.3 Å². The van der Waals surface area contributed by atoms with Crippen LogP contribution in [0.1, 0.15) is 50.8 Å². The molecule has 1 nitrogen and oxygen atoms in total. The van der Waals surface area contributed by atoms with Crippen LogP contribution in [-0.2, 0) is 0 Å². The third kappa shape index (κ3) is 5.33. The quantitative estimate of drug-likeness (QED) is 0.743. The van der Waals surface area contributed by atoms with Crippen LogP contribution in [-0.4, -0.2) is 5.11 Å². The lowest BCUT2D eigenvalue weighted by molar-refractivity contribution is 0.227. The fraction of sp³-hybridized carbons (Fsp3) is 0.412. The molecule has 0 aliphatic rings. The van der Waals surface area contributed by atoms with E-state index in [0.29, 0.717) is 0 Å². The highest BCUT2D eigenvalue weighted by molar-refractivity contribution is 5.26. The first kappa shape index (κ1) is 14.7. The first-order valence-corrected chi connectivity index (χ1v) is 6.54. The molecule has 0 bridgehead atoms. The summed E-state index contributed by atoms with van der Waals surface area (Å²) >= 11 is 0. The minimum absolute atomic E-state index is 0.489. The zero-order valence-electron chi connectivity index (χ0n) is 11.9. The SMILES string of the molecule is CC(C)=CCC/C(C)=C/C(O)c1ccc(C)cc1. The van der Waals surface area contributed by atoms with Gasteiger partial charge in [0, 0.05) is 0 Å². The molecule has 0 radical (unpaired) electrons. The van der Waals surface area contributed by atoms with Gasteiger partial charge in [0.25, 0.3) is 0 Å². The van der Waals surface area contributed by atoms with Crippen LogP contribution in [0.15, 0.2) is 47.6 Å². The predicted octanol–water partition coefficient (Wildman–Crippen LogP) is 4.72. The van der Waals surface area contributed by atoms with E-state index < -0.39 is 6.10 Å². The van der Waals surface area contributed by atoms with Crippen LogP contribution in [0.2, 0.25) is 0 Å². The molecule has 1 rings (SSSR count). The Balaban J connectivity index is 2.59. The standard InChI is InChI=1S/C17H24O/c1-13(2)6-5-7-15(4)12-17(18)16-10-8-14(3)9-11-16/h6,8-12,17-18H,5,7H2,1-4H3/b15-12+. The Kier molecular flexibility index (Phi) is 5.87. The number of benzene rings is 1. The van der Waals surface area contributed by atoms with Gasteiger partial charge in [0.2, 0.25) is 0 Å². The molecular formula is C17H24O. The summed E-state index contributed by atoms with van der Waals surface area (Å²) < 4.78 is 0. The molecule has 98 valence electrons. The number of aryl methyl sites for hydroxylation is 1. The van der Waals surface area contributed by atoms with Crippen molar-refractivity contribution in [2.45, 2.75) is 46.6 Å². The monoisotopic (exact) mass is 244 g/mol. The third-order valence-corrected chi connectivity index (χ3v) is 2.95. The minimum atomic E-state index is -0.489. The summed E-state index contributed by atoms with van der Waals surface area (Å²) in [6.07, 6.45) is 5.75. The fourth-order valence-electron chi connectivity index (χ4n) is 1.80. The number of hydrogen-bond acceptors (Lipinski definition) is 1. The lowest BCUT2D eigenvalue weighted by Crippen LogP contribution is -1.94. The normalized spacial score (nSPS) is 13.3. The molecule has 0 aliphatic carbocycles. The second-order valence-electron chi connectivity index (χ2n) is 5.19. The van der Waals surface area contributed by atoms with Gasteiger partial charge in [-0.3, -0.25) is 0 Å². The molecule has 0 heterocycles. The fourth-order valence-corrected chi connectivity index (χ4v) is 1.80. The topological polar surface area (TPSA) is 20.2 Å². The van der Waals surface area contributed by atoms with Gasteiger partial charge in [0.1, 0.15) is 0 Å². The van der Waals surface area contributed by atoms with E-state index >= 15 is 0 Å². The number of rotatable bonds is 5. The van der Waals surface area contributed by atoms with Crippen LogP contribution in [0.4, 0.5) is 0 Å². The van der Waals surface area contributed by atoms with Gasteiger partial charge in [-0.25, -0.2) is 0 Å². The Bertz CT molecular complexity index is 419. The average Bonchev–Trinajstić information content (AvgIpc) is 2.29. The molecular weight excluding hydrogens is 220 g/mol. The largest absolute Gasteiger partial charge is 0.384 e. The third-order valence-electron chi connectivity index (χ3n) is 2.95. The smallest absolute Gasteiger partial charge is 0.0974 e. The van der Waals surface area contributed by atoms with Crippen molar-refractivity contribution >= 4 is 0 Å². The van der Waals surface area contributed by atoms with Gasteiger partial charge in [-0.15, -0.1) is 0 Å². The van der Waals surface area contributed by atoms with Crippen LogP contribution in [0.3, 0.4) is 0 Å². The van der Waals surface area contributed by atoms with Crippen LogP contribution in [0.5, 0.6) is 0 Å². The molecule has 0 saturated carbocycles. The number of allylic oxidation sites excluding steroid dienone is 3. The zero-order valence-corrected chi connectivity index (χ0v) is 11.9. The highest BCUT2D eigenvalue weighted by Crippen LogP contribution is 2.18. The average molecular weight is 244 g/mol. The van der Waals surface area contributed by atoms with E-state index in [1.54, 1.807) is 0 Å². The van der Waals surface area contributed by atoms with Crippen molar-refractivity contribution in [3.8, 4) is 0 Å². The maximum atomic E-state index is 10.1. The Morgan fingerprint density at radius 2 is 1.78 bits per heavy atom. The summed E-state index contributed by atoms with van der Waals surface area (Å²) in [7, 11) is 0. The second kappa shape index (κ2) is 7.17. The minimum Gasteiger partial charge on any atom is -0.384 e. The van der Waals surface area contributed by atoms with Crippen LogP contribution >= 0.6 is 0 Å². The summed E-state index contributed by atoms with van der Waals surface area (Å²) in [6.45, 7) is 8.35. The van der Waals surface area contributed by atoms with Crippen LogP contribution < -0.4 is 0 Å². The maximum Gasteiger partial charge on any atom is 0.0974 e. The molecule has 0 saturated heterocycles. The molecule has 0 fully saturated rings. The highest BCUT2D eigenvalue weighted by Gasteiger charge is 2.03. The van der Waals surface area contributed by atoms with Crippen molar-refractivity contribution in [3.05, 3.63) is 58.7 Å². The van der Waals surface area contributed by atoms with E-state index in [9.17, 15) is 5.11 Å². The molecule has 0 aliphatic heterocycles. The van der Waals surface area contributed by atoms with Crippen LogP contribution in [0, 0.1) is 6.92 Å². The number of aliphatic hydroxyl groups excluding tert-OH is 1. The van der Waals surface area contributed by atoms with E-state index in [0.717, 1.165) is 18.4 Å². The van der Waals surface area contributed by atoms with Crippen molar-refractivity contribution in [3.63, 3.8) is 0 Å². The molecule has 1 N–H and O–H groups in total. The maximum absolute atomic E-state index is 10.1. The molecule has 18 heavy (non-hydrogen) atoms. The van der Waals surface area contributed by atoms with Crippen molar-refractivity contribution in [1.82, 2.24) is 0 Å². The molecule has 0 aromatic heterocycles. The van der Waals surface area contributed by atoms with Gasteiger partial charge in [-0.2, -0.15) is 0 Å². The number of hydrogen-bond donors (Lipinski definition) is 1. The van der Waals surface area contributed by atoms with Gasteiger partial charge in [0.15, 0.2) is 0 Å². The zero-order chi connectivity index (χ0) is 13.5. The Hall–Kier alpha value is -1.34. The summed E-state index contributed by atoms with van der Waals surface area (Å²) in [5.41, 5.74) is 4.76. The summed E-state index contributed by atoms with van der Waals surface area (Å²) in [5.74, 6) is 0. The molecule has 1 aromatic carbocycles. The lowest BCUT2D eigenvalue weighted by Gasteiger charge is -2.08. The summed E-state index contributed by atoms with van der Waals surface area (Å²) in [6, 6.07) is 8.04. The molecule has 1 atom stereocenters. The van der Waals surface area contributed by atoms with Crippen molar-refractivity contribution in [1.29, 1.82) is 0 Å². The Morgan fingerprint density at radius 1 is 1.17 bits per heavy atom. The molecule has 1 unspecified atom stereocenters. The number of aliphatic hydroxyl groups is 1. The molecule has 1 aromatic rings. The van der Waals surface area contributed by atoms with E-state index in [2.05, 4.69) is 33.8 Å². The Morgan fingerprint density at radius 3 is 2.33 bits per heavy atom. The molecule has 0 spiro atoms. The van der Waals surface area contributed by atoms with Gasteiger partial charge >= 0.3 is 0 Å². The first-order valence-electron chi connectivity index (χ1n) is 6.54. The second-order valence-corrected chi connectivity index (χ2v) is 5.19. The first-order chi connectivity index (χ1) is 8.49. The Labute approximate surface area is 111 Å². The van der Waals surface area contributed by atoms with E-state index in [-0.39, 0.29) is 0 Å². The van der Waals surface area contributed by atoms with Crippen molar-refractivity contribution < 1.29 is 5.11 Å². The molecule has 0 amide bonds. The van der Waals surface area contributed by atoms with Crippen molar-refractivity contribution in [2.24, 2.45) is 0 Å².